The summed E-state index contributed by atoms with van der Waals surface area (Å²) >= 11 is 0. The highest BCUT2D eigenvalue weighted by molar-refractivity contribution is 5.79. The summed E-state index contributed by atoms with van der Waals surface area (Å²) in [6, 6.07) is 16.2. The summed E-state index contributed by atoms with van der Waals surface area (Å²) in [4.78, 5) is 16.0. The fourth-order valence-electron chi connectivity index (χ4n) is 3.07. The van der Waals surface area contributed by atoms with Gasteiger partial charge in [-0.15, -0.1) is 0 Å². The van der Waals surface area contributed by atoms with Gasteiger partial charge in [0.15, 0.2) is 12.6 Å². The van der Waals surface area contributed by atoms with Crippen LogP contribution in [-0.2, 0) is 17.8 Å². The minimum Gasteiger partial charge on any atom is -0.494 e. The number of hydrogen-bond acceptors (Lipinski definition) is 4. The Hall–Kier alpha value is -3.22. The van der Waals surface area contributed by atoms with Gasteiger partial charge in [-0.2, -0.15) is 0 Å². The lowest BCUT2D eigenvalue weighted by atomic mass is 10.1. The third-order valence-electron chi connectivity index (χ3n) is 4.88. The Morgan fingerprint density at radius 3 is 2.55 bits per heavy atom. The molecule has 2 aromatic carbocycles. The summed E-state index contributed by atoms with van der Waals surface area (Å²) in [7, 11) is 1.76. The van der Waals surface area contributed by atoms with Gasteiger partial charge in [0.2, 0.25) is 0 Å². The van der Waals surface area contributed by atoms with E-state index in [4.69, 9.17) is 9.47 Å². The molecule has 166 valence electrons. The van der Waals surface area contributed by atoms with Gasteiger partial charge in [0.1, 0.15) is 11.5 Å². The average molecular weight is 425 g/mol. The van der Waals surface area contributed by atoms with E-state index in [-0.39, 0.29) is 12.5 Å². The van der Waals surface area contributed by atoms with E-state index in [0.29, 0.717) is 24.9 Å². The van der Waals surface area contributed by atoms with Gasteiger partial charge < -0.3 is 25.4 Å². The Balaban J connectivity index is 1.37. The van der Waals surface area contributed by atoms with Crippen LogP contribution in [0.1, 0.15) is 30.9 Å². The maximum absolute atomic E-state index is 11.7. The first-order valence-corrected chi connectivity index (χ1v) is 10.8. The number of ether oxygens (including phenoxy) is 2. The number of guanidine groups is 1. The predicted molar refractivity (Wildman–Crippen MR) is 123 cm³/mol. The van der Waals surface area contributed by atoms with Crippen molar-refractivity contribution in [3.05, 3.63) is 59.7 Å². The number of nitrogens with one attached hydrogen (secondary N) is 3. The molecule has 1 saturated carbocycles. The quantitative estimate of drug-likeness (QED) is 0.382. The van der Waals surface area contributed by atoms with Gasteiger partial charge >= 0.3 is 0 Å². The standard InChI is InChI=1S/C24H32N4O3/c1-3-30-22-7-5-4-6-19(22)16-27-24(25-2)26-15-14-18-8-12-21(13-9-18)31-17-23(29)28-20-10-11-20/h4-9,12-13,20H,3,10-11,14-17H2,1-2H3,(H,28,29)(H2,25,26,27). The third kappa shape index (κ3) is 7.85. The zero-order chi connectivity index (χ0) is 21.9. The molecule has 0 spiro atoms. The van der Waals surface area contributed by atoms with Crippen molar-refractivity contribution in [2.24, 2.45) is 4.99 Å². The van der Waals surface area contributed by atoms with E-state index >= 15 is 0 Å². The number of carbonyl (C=O) groups is 1. The lowest BCUT2D eigenvalue weighted by molar-refractivity contribution is -0.123. The van der Waals surface area contributed by atoms with Gasteiger partial charge in [0.25, 0.3) is 5.91 Å². The van der Waals surface area contributed by atoms with Crippen LogP contribution in [-0.4, -0.2) is 44.7 Å². The minimum atomic E-state index is -0.0569. The van der Waals surface area contributed by atoms with Gasteiger partial charge in [-0.05, 0) is 49.9 Å². The molecule has 1 fully saturated rings. The molecule has 1 amide bonds. The Kier molecular flexibility index (Phi) is 8.58. The van der Waals surface area contributed by atoms with Crippen LogP contribution in [0.25, 0.3) is 0 Å². The van der Waals surface area contributed by atoms with Crippen LogP contribution < -0.4 is 25.4 Å². The topological polar surface area (TPSA) is 84.0 Å². The molecule has 2 aromatic rings. The number of rotatable bonds is 11. The Morgan fingerprint density at radius 2 is 1.84 bits per heavy atom. The average Bonchev–Trinajstić information content (AvgIpc) is 3.60. The van der Waals surface area contributed by atoms with Crippen LogP contribution in [0.3, 0.4) is 0 Å². The van der Waals surface area contributed by atoms with E-state index in [1.54, 1.807) is 7.05 Å². The molecular weight excluding hydrogens is 392 g/mol. The van der Waals surface area contributed by atoms with Gasteiger partial charge in [0, 0.05) is 31.7 Å². The normalized spacial score (nSPS) is 13.4. The molecule has 0 radical (unpaired) electrons. The van der Waals surface area contributed by atoms with Crippen LogP contribution >= 0.6 is 0 Å². The van der Waals surface area contributed by atoms with Gasteiger partial charge in [-0.25, -0.2) is 0 Å². The molecule has 0 unspecified atom stereocenters. The minimum absolute atomic E-state index is 0.0569. The molecule has 3 rings (SSSR count). The van der Waals surface area contributed by atoms with Crippen LogP contribution in [0.4, 0.5) is 0 Å². The number of aliphatic imine (C=N–C) groups is 1. The monoisotopic (exact) mass is 424 g/mol. The molecule has 1 aliphatic rings. The predicted octanol–water partition coefficient (Wildman–Crippen LogP) is 2.65. The molecule has 0 heterocycles. The van der Waals surface area contributed by atoms with Crippen molar-refractivity contribution in [2.45, 2.75) is 38.8 Å². The van der Waals surface area contributed by atoms with Crippen LogP contribution in [0.15, 0.2) is 53.5 Å². The van der Waals surface area contributed by atoms with Crippen molar-refractivity contribution in [3.63, 3.8) is 0 Å². The van der Waals surface area contributed by atoms with E-state index < -0.39 is 0 Å². The summed E-state index contributed by atoms with van der Waals surface area (Å²) in [5.74, 6) is 2.28. The number of para-hydroxylation sites is 1. The summed E-state index contributed by atoms with van der Waals surface area (Å²) in [5.41, 5.74) is 2.27. The molecular formula is C24H32N4O3. The lowest BCUT2D eigenvalue weighted by Gasteiger charge is -2.14. The molecule has 0 aromatic heterocycles. The number of benzene rings is 2. The maximum Gasteiger partial charge on any atom is 0.258 e. The summed E-state index contributed by atoms with van der Waals surface area (Å²) < 4.78 is 11.2. The van der Waals surface area contributed by atoms with E-state index in [2.05, 4.69) is 20.9 Å². The van der Waals surface area contributed by atoms with E-state index in [9.17, 15) is 4.79 Å². The number of hydrogen-bond donors (Lipinski definition) is 3. The molecule has 7 heteroatoms. The molecule has 0 bridgehead atoms. The van der Waals surface area contributed by atoms with E-state index in [1.165, 1.54) is 5.56 Å². The Labute approximate surface area is 184 Å². The van der Waals surface area contributed by atoms with E-state index in [0.717, 1.165) is 43.1 Å². The zero-order valence-corrected chi connectivity index (χ0v) is 18.3. The maximum atomic E-state index is 11.7. The molecule has 0 atom stereocenters. The van der Waals surface area contributed by atoms with Crippen molar-refractivity contribution in [2.75, 3.05) is 26.8 Å². The summed E-state index contributed by atoms with van der Waals surface area (Å²) in [5, 5.41) is 9.57. The molecule has 7 nitrogen and oxygen atoms in total. The second kappa shape index (κ2) is 11.8. The highest BCUT2D eigenvalue weighted by Crippen LogP contribution is 2.19. The fraction of sp³-hybridized carbons (Fsp3) is 0.417. The van der Waals surface area contributed by atoms with Crippen LogP contribution in [0.5, 0.6) is 11.5 Å². The SMILES string of the molecule is CCOc1ccccc1CNC(=NC)NCCc1ccc(OCC(=O)NC2CC2)cc1. The fourth-order valence-corrected chi connectivity index (χ4v) is 3.07. The molecule has 3 N–H and O–H groups in total. The number of amides is 1. The first-order chi connectivity index (χ1) is 15.2. The molecule has 1 aliphatic carbocycles. The first-order valence-electron chi connectivity index (χ1n) is 10.8. The van der Waals surface area contributed by atoms with E-state index in [1.807, 2.05) is 55.5 Å². The summed E-state index contributed by atoms with van der Waals surface area (Å²) in [6.45, 7) is 4.07. The van der Waals surface area contributed by atoms with Crippen LogP contribution in [0.2, 0.25) is 0 Å². The zero-order valence-electron chi connectivity index (χ0n) is 18.3. The highest BCUT2D eigenvalue weighted by Gasteiger charge is 2.23. The van der Waals surface area contributed by atoms with Gasteiger partial charge in [0.05, 0.1) is 6.61 Å². The molecule has 0 saturated heterocycles. The van der Waals surface area contributed by atoms with Crippen molar-refractivity contribution >= 4 is 11.9 Å². The smallest absolute Gasteiger partial charge is 0.258 e. The van der Waals surface area contributed by atoms with Crippen LogP contribution in [0, 0.1) is 0 Å². The second-order valence-corrected chi connectivity index (χ2v) is 7.42. The van der Waals surface area contributed by atoms with Crippen molar-refractivity contribution < 1.29 is 14.3 Å². The van der Waals surface area contributed by atoms with Gasteiger partial charge in [-0.3, -0.25) is 9.79 Å². The lowest BCUT2D eigenvalue weighted by Crippen LogP contribution is -2.37. The Bertz CT molecular complexity index is 863. The van der Waals surface area contributed by atoms with Crippen molar-refractivity contribution in [1.82, 2.24) is 16.0 Å². The number of nitrogens with zero attached hydrogens (tertiary/aromatic N) is 1. The number of carbonyl (C=O) groups excluding carboxylic acids is 1. The molecule has 31 heavy (non-hydrogen) atoms. The first kappa shape index (κ1) is 22.5. The largest absolute Gasteiger partial charge is 0.494 e. The Morgan fingerprint density at radius 1 is 1.06 bits per heavy atom. The summed E-state index contributed by atoms with van der Waals surface area (Å²) in [6.07, 6.45) is 3.00. The van der Waals surface area contributed by atoms with Gasteiger partial charge in [-0.1, -0.05) is 30.3 Å². The molecule has 0 aliphatic heterocycles. The second-order valence-electron chi connectivity index (χ2n) is 7.42. The third-order valence-corrected chi connectivity index (χ3v) is 4.88. The van der Waals surface area contributed by atoms with Crippen molar-refractivity contribution in [1.29, 1.82) is 0 Å². The highest BCUT2D eigenvalue weighted by atomic mass is 16.5. The van der Waals surface area contributed by atoms with Crippen molar-refractivity contribution in [3.8, 4) is 11.5 Å².